The number of amides is 3. The van der Waals surface area contributed by atoms with Gasteiger partial charge in [0.05, 0.1) is 18.1 Å². The van der Waals surface area contributed by atoms with Crippen molar-refractivity contribution in [3.8, 4) is 5.75 Å². The molecule has 1 heterocycles. The molecule has 1 saturated heterocycles. The van der Waals surface area contributed by atoms with E-state index in [4.69, 9.17) is 4.74 Å². The largest absolute Gasteiger partial charge is 0.484 e. The third-order valence-electron chi connectivity index (χ3n) is 6.13. The van der Waals surface area contributed by atoms with Crippen LogP contribution in [0.2, 0.25) is 0 Å². The van der Waals surface area contributed by atoms with Crippen molar-refractivity contribution >= 4 is 29.6 Å². The number of ether oxygens (including phenoxy) is 1. The van der Waals surface area contributed by atoms with E-state index in [1.807, 2.05) is 12.2 Å². The van der Waals surface area contributed by atoms with Crippen LogP contribution in [0.15, 0.2) is 65.8 Å². The van der Waals surface area contributed by atoms with Crippen molar-refractivity contribution in [1.82, 2.24) is 5.01 Å². The predicted octanol–water partition coefficient (Wildman–Crippen LogP) is 2.98. The first-order valence-electron chi connectivity index (χ1n) is 10.4. The molecule has 0 radical (unpaired) electrons. The van der Waals surface area contributed by atoms with Crippen molar-refractivity contribution in [2.24, 2.45) is 28.8 Å². The van der Waals surface area contributed by atoms with Gasteiger partial charge in [0.15, 0.2) is 6.61 Å². The lowest BCUT2D eigenvalue weighted by molar-refractivity contribution is -0.140. The van der Waals surface area contributed by atoms with E-state index in [2.05, 4.69) is 10.4 Å². The molecule has 0 aromatic heterocycles. The summed E-state index contributed by atoms with van der Waals surface area (Å²) < 4.78 is 18.6. The minimum atomic E-state index is -0.439. The van der Waals surface area contributed by atoms with Crippen LogP contribution in [-0.4, -0.2) is 35.6 Å². The van der Waals surface area contributed by atoms with Crippen LogP contribution >= 0.6 is 0 Å². The second kappa shape index (κ2) is 8.03. The number of allylic oxidation sites excluding steroid dienone is 2. The molecular weight excluding hydrogens is 413 g/mol. The van der Waals surface area contributed by atoms with Gasteiger partial charge in [-0.3, -0.25) is 14.4 Å². The molecule has 5 rings (SSSR count). The van der Waals surface area contributed by atoms with Crippen molar-refractivity contribution in [3.05, 3.63) is 72.1 Å². The third kappa shape index (κ3) is 3.68. The van der Waals surface area contributed by atoms with Gasteiger partial charge in [0.25, 0.3) is 17.7 Å². The molecule has 3 amide bonds. The highest BCUT2D eigenvalue weighted by Gasteiger charge is 2.59. The van der Waals surface area contributed by atoms with E-state index in [-0.39, 0.29) is 42.1 Å². The second-order valence-corrected chi connectivity index (χ2v) is 8.15. The van der Waals surface area contributed by atoms with Gasteiger partial charge in [0.2, 0.25) is 0 Å². The minimum absolute atomic E-state index is 0.149. The van der Waals surface area contributed by atoms with Gasteiger partial charge in [-0.1, -0.05) is 18.2 Å². The van der Waals surface area contributed by atoms with E-state index < -0.39 is 11.7 Å². The number of carbonyl (C=O) groups is 3. The highest BCUT2D eigenvalue weighted by molar-refractivity contribution is 6.06. The molecule has 4 atom stereocenters. The summed E-state index contributed by atoms with van der Waals surface area (Å²) in [6.07, 6.45) is 6.43. The Morgan fingerprint density at radius 2 is 1.78 bits per heavy atom. The lowest BCUT2D eigenvalue weighted by Crippen LogP contribution is -2.28. The maximum absolute atomic E-state index is 13.2. The van der Waals surface area contributed by atoms with Crippen molar-refractivity contribution < 1.29 is 23.5 Å². The monoisotopic (exact) mass is 433 g/mol. The van der Waals surface area contributed by atoms with Crippen molar-refractivity contribution in [2.75, 3.05) is 11.9 Å². The summed E-state index contributed by atoms with van der Waals surface area (Å²) in [4.78, 5) is 37.2. The molecule has 32 heavy (non-hydrogen) atoms. The number of benzene rings is 2. The number of hydrogen-bond donors (Lipinski definition) is 1. The van der Waals surface area contributed by atoms with Crippen molar-refractivity contribution in [2.45, 2.75) is 6.42 Å². The van der Waals surface area contributed by atoms with Crippen molar-refractivity contribution in [1.29, 1.82) is 0 Å². The summed E-state index contributed by atoms with van der Waals surface area (Å²) >= 11 is 0. The van der Waals surface area contributed by atoms with Gasteiger partial charge in [0, 0.05) is 5.69 Å². The average molecular weight is 433 g/mol. The summed E-state index contributed by atoms with van der Waals surface area (Å²) in [7, 11) is 0. The number of carbonyl (C=O) groups excluding carboxylic acids is 3. The smallest absolute Gasteiger partial charge is 0.262 e. The van der Waals surface area contributed by atoms with Crippen LogP contribution in [-0.2, 0) is 14.4 Å². The molecule has 2 aromatic carbocycles. The van der Waals surface area contributed by atoms with Crippen LogP contribution in [0.4, 0.5) is 10.1 Å². The SMILES string of the molecule is O=C(COc1ccc(C=NN2C(=O)C3C4C=CC(C4)C3C2=O)cc1)Nc1cccc(F)c1. The number of hydrogen-bond acceptors (Lipinski definition) is 5. The standard InChI is InChI=1S/C24H20FN3O4/c25-17-2-1-3-18(11-17)27-20(29)13-32-19-8-4-14(5-9-19)12-26-28-23(30)21-15-6-7-16(10-15)22(21)24(28)31/h1-9,11-12,15-16,21-22H,10,13H2,(H,27,29). The summed E-state index contributed by atoms with van der Waals surface area (Å²) in [5, 5.41) is 7.69. The molecule has 1 N–H and O–H groups in total. The number of nitrogens with zero attached hydrogens (tertiary/aromatic N) is 2. The quantitative estimate of drug-likeness (QED) is 0.431. The number of anilines is 1. The Kier molecular flexibility index (Phi) is 5.05. The zero-order valence-corrected chi connectivity index (χ0v) is 17.0. The predicted molar refractivity (Wildman–Crippen MR) is 114 cm³/mol. The molecule has 162 valence electrons. The highest BCUT2D eigenvalue weighted by Crippen LogP contribution is 2.52. The van der Waals surface area contributed by atoms with Crippen LogP contribution in [0, 0.1) is 29.5 Å². The molecule has 1 saturated carbocycles. The van der Waals surface area contributed by atoms with E-state index in [9.17, 15) is 18.8 Å². The molecule has 2 fully saturated rings. The number of halogens is 1. The van der Waals surface area contributed by atoms with Crippen LogP contribution in [0.3, 0.4) is 0 Å². The summed E-state index contributed by atoms with van der Waals surface area (Å²) in [5.41, 5.74) is 1.03. The van der Waals surface area contributed by atoms with Crippen LogP contribution in [0.25, 0.3) is 0 Å². The Bertz CT molecular complexity index is 1110. The maximum Gasteiger partial charge on any atom is 0.262 e. The van der Waals surface area contributed by atoms with Gasteiger partial charge in [0.1, 0.15) is 11.6 Å². The van der Waals surface area contributed by atoms with Gasteiger partial charge in [-0.2, -0.15) is 10.1 Å². The van der Waals surface area contributed by atoms with E-state index in [0.717, 1.165) is 11.4 Å². The second-order valence-electron chi connectivity index (χ2n) is 8.15. The van der Waals surface area contributed by atoms with E-state index in [0.29, 0.717) is 17.0 Å². The first-order valence-corrected chi connectivity index (χ1v) is 10.4. The van der Waals surface area contributed by atoms with Crippen molar-refractivity contribution in [3.63, 3.8) is 0 Å². The lowest BCUT2D eigenvalue weighted by Gasteiger charge is -2.13. The maximum atomic E-state index is 13.2. The highest BCUT2D eigenvalue weighted by atomic mass is 19.1. The van der Waals surface area contributed by atoms with Crippen LogP contribution < -0.4 is 10.1 Å². The molecule has 8 heteroatoms. The minimum Gasteiger partial charge on any atom is -0.484 e. The molecular formula is C24H20FN3O4. The molecule has 7 nitrogen and oxygen atoms in total. The molecule has 1 aliphatic heterocycles. The number of fused-ring (bicyclic) bond motifs is 5. The fraction of sp³-hybridized carbons (Fsp3) is 0.250. The molecule has 0 spiro atoms. The Morgan fingerprint density at radius 1 is 1.09 bits per heavy atom. The van der Waals surface area contributed by atoms with Crippen LogP contribution in [0.5, 0.6) is 5.75 Å². The Balaban J connectivity index is 1.16. The Morgan fingerprint density at radius 3 is 2.44 bits per heavy atom. The van der Waals surface area contributed by atoms with Gasteiger partial charge in [-0.15, -0.1) is 0 Å². The Hall–Kier alpha value is -3.81. The van der Waals surface area contributed by atoms with E-state index in [1.54, 1.807) is 30.3 Å². The summed E-state index contributed by atoms with van der Waals surface area (Å²) in [6.45, 7) is -0.236. The van der Waals surface area contributed by atoms with Crippen LogP contribution in [0.1, 0.15) is 12.0 Å². The normalized spacial score (nSPS) is 25.6. The summed E-state index contributed by atoms with van der Waals surface area (Å²) in [6, 6.07) is 12.3. The third-order valence-corrected chi connectivity index (χ3v) is 6.13. The number of hydrazone groups is 1. The molecule has 3 aliphatic rings. The topological polar surface area (TPSA) is 88.1 Å². The average Bonchev–Trinajstić information content (AvgIpc) is 3.46. The van der Waals surface area contributed by atoms with Gasteiger partial charge < -0.3 is 10.1 Å². The number of rotatable bonds is 6. The fourth-order valence-corrected chi connectivity index (χ4v) is 4.69. The fourth-order valence-electron chi connectivity index (χ4n) is 4.69. The van der Waals surface area contributed by atoms with E-state index in [1.165, 1.54) is 24.4 Å². The molecule has 2 aromatic rings. The molecule has 4 unspecified atom stereocenters. The Labute approximate surface area is 183 Å². The first kappa shape index (κ1) is 20.1. The zero-order valence-electron chi connectivity index (χ0n) is 17.0. The first-order chi connectivity index (χ1) is 15.5. The number of nitrogens with one attached hydrogen (secondary N) is 1. The number of imide groups is 1. The summed E-state index contributed by atoms with van der Waals surface area (Å²) in [5.74, 6) is -1.09. The lowest BCUT2D eigenvalue weighted by atomic mass is 9.85. The van der Waals surface area contributed by atoms with Gasteiger partial charge in [-0.25, -0.2) is 4.39 Å². The zero-order chi connectivity index (χ0) is 22.2. The van der Waals surface area contributed by atoms with Gasteiger partial charge >= 0.3 is 0 Å². The molecule has 2 bridgehead atoms. The van der Waals surface area contributed by atoms with E-state index >= 15 is 0 Å². The molecule has 2 aliphatic carbocycles. The van der Waals surface area contributed by atoms with Gasteiger partial charge in [-0.05, 0) is 66.3 Å².